The van der Waals surface area contributed by atoms with Gasteiger partial charge in [-0.25, -0.2) is 22.9 Å². The van der Waals surface area contributed by atoms with Crippen molar-refractivity contribution in [3.05, 3.63) is 63.1 Å². The lowest BCUT2D eigenvalue weighted by Gasteiger charge is -2.38. The largest absolute Gasteiger partial charge is 0.372 e. The maximum absolute atomic E-state index is 15.5. The van der Waals surface area contributed by atoms with Gasteiger partial charge in [-0.15, -0.1) is 0 Å². The molecule has 0 unspecified atom stereocenters. The van der Waals surface area contributed by atoms with Gasteiger partial charge in [-0.3, -0.25) is 4.79 Å². The summed E-state index contributed by atoms with van der Waals surface area (Å²) in [6, 6.07) is 5.85. The number of anilines is 1. The van der Waals surface area contributed by atoms with Crippen LogP contribution in [0.5, 0.6) is 0 Å². The van der Waals surface area contributed by atoms with E-state index >= 15 is 13.2 Å². The Kier molecular flexibility index (Phi) is 8.46. The Labute approximate surface area is 260 Å². The number of halogens is 3. The molecule has 6 rings (SSSR count). The standard InChI is InChI=1S/C31H39F3N6O4S/c1-19-36-27-23(14-25(40(3)29(27)41)30(43-4)10-12-45(42,13-11-30)38-21-8-9-21)28(37-19)35-15-20-6-5-7-24(26(20)32)31(33,34)18-44-22-16-39(2)17-22/h5-7,14,21-22H,8-13,15-18H2,1-4H3,(H,35,36,37). The van der Waals surface area contributed by atoms with Crippen LogP contribution in [0.25, 0.3) is 10.9 Å². The minimum atomic E-state index is -3.52. The predicted octanol–water partition coefficient (Wildman–Crippen LogP) is 4.08. The number of benzene rings is 1. The molecule has 1 aliphatic carbocycles. The molecule has 0 bridgehead atoms. The van der Waals surface area contributed by atoms with Gasteiger partial charge in [0.25, 0.3) is 11.5 Å². The Balaban J connectivity index is 1.29. The highest BCUT2D eigenvalue weighted by molar-refractivity contribution is 7.93. The third kappa shape index (κ3) is 6.34. The maximum atomic E-state index is 15.5. The Morgan fingerprint density at radius 1 is 1.18 bits per heavy atom. The minimum Gasteiger partial charge on any atom is -0.372 e. The second-order valence-electron chi connectivity index (χ2n) is 12.5. The van der Waals surface area contributed by atoms with Crippen molar-refractivity contribution in [1.29, 1.82) is 0 Å². The lowest BCUT2D eigenvalue weighted by molar-refractivity contribution is -0.134. The first-order chi connectivity index (χ1) is 21.3. The van der Waals surface area contributed by atoms with Gasteiger partial charge in [-0.05, 0) is 51.8 Å². The van der Waals surface area contributed by atoms with Crippen LogP contribution in [-0.4, -0.2) is 81.1 Å². The number of nitrogens with zero attached hydrogens (tertiary/aromatic N) is 5. The molecule has 2 aromatic heterocycles. The number of alkyl halides is 2. The molecule has 3 fully saturated rings. The Morgan fingerprint density at radius 3 is 2.53 bits per heavy atom. The molecule has 0 atom stereocenters. The Bertz CT molecular complexity index is 1780. The molecule has 0 radical (unpaired) electrons. The van der Waals surface area contributed by atoms with Crippen LogP contribution in [-0.2, 0) is 44.3 Å². The van der Waals surface area contributed by atoms with Crippen molar-refractivity contribution in [3.63, 3.8) is 0 Å². The summed E-state index contributed by atoms with van der Waals surface area (Å²) in [5, 5.41) is 3.46. The van der Waals surface area contributed by atoms with Crippen molar-refractivity contribution in [1.82, 2.24) is 19.4 Å². The highest BCUT2D eigenvalue weighted by atomic mass is 32.2. The molecule has 14 heteroatoms. The number of likely N-dealkylation sites (tertiary alicyclic amines) is 1. The molecule has 2 aliphatic heterocycles. The maximum Gasteiger partial charge on any atom is 0.298 e. The smallest absolute Gasteiger partial charge is 0.298 e. The summed E-state index contributed by atoms with van der Waals surface area (Å²) in [4.78, 5) is 24.5. The quantitative estimate of drug-likeness (QED) is 0.351. The first kappa shape index (κ1) is 31.9. The number of rotatable bonds is 10. The van der Waals surface area contributed by atoms with Gasteiger partial charge in [0, 0.05) is 60.6 Å². The summed E-state index contributed by atoms with van der Waals surface area (Å²) in [5.74, 6) is -3.24. The van der Waals surface area contributed by atoms with Gasteiger partial charge in [0.2, 0.25) is 0 Å². The zero-order chi connectivity index (χ0) is 32.1. The summed E-state index contributed by atoms with van der Waals surface area (Å²) in [5.41, 5.74) is -1.24. The van der Waals surface area contributed by atoms with Crippen molar-refractivity contribution >= 4 is 26.4 Å². The van der Waals surface area contributed by atoms with E-state index in [1.54, 1.807) is 27.1 Å². The van der Waals surface area contributed by atoms with E-state index in [-0.39, 0.29) is 41.1 Å². The topological polar surface area (TPSA) is 111 Å². The molecule has 1 aromatic carbocycles. The SMILES string of the molecule is COC1(c2cc3c(NCc4cccc(C(F)(F)COC5CN(C)C5)c4F)nc(C)nc3c(=O)n2C)CCS(=O)(=NC2CC2)CC1. The van der Waals surface area contributed by atoms with Crippen molar-refractivity contribution in [2.75, 3.05) is 50.7 Å². The molecule has 1 N–H and O–H groups in total. The number of likely N-dealkylation sites (N-methyl/N-ethyl adjacent to an activating group) is 1. The molecule has 0 spiro atoms. The van der Waals surface area contributed by atoms with Crippen LogP contribution < -0.4 is 10.9 Å². The molecule has 244 valence electrons. The molecule has 3 aliphatic rings. The van der Waals surface area contributed by atoms with E-state index in [1.807, 2.05) is 11.9 Å². The second-order valence-corrected chi connectivity index (χ2v) is 15.1. The average molecular weight is 649 g/mol. The fraction of sp³-hybridized carbons (Fsp3) is 0.581. The summed E-state index contributed by atoms with van der Waals surface area (Å²) in [7, 11) is 2.75. The number of aromatic nitrogens is 3. The van der Waals surface area contributed by atoms with E-state index in [9.17, 15) is 9.00 Å². The summed E-state index contributed by atoms with van der Waals surface area (Å²) < 4.78 is 76.4. The van der Waals surface area contributed by atoms with Crippen molar-refractivity contribution in [2.24, 2.45) is 11.4 Å². The van der Waals surface area contributed by atoms with Crippen molar-refractivity contribution < 1.29 is 26.9 Å². The highest BCUT2D eigenvalue weighted by Gasteiger charge is 2.42. The molecular weight excluding hydrogens is 609 g/mol. The lowest BCUT2D eigenvalue weighted by atomic mass is 9.90. The Hall–Kier alpha value is -3.07. The van der Waals surface area contributed by atoms with Crippen LogP contribution in [0.15, 0.2) is 33.4 Å². The summed E-state index contributed by atoms with van der Waals surface area (Å²) in [6.45, 7) is 1.67. The molecular formula is C31H39F3N6O4S. The molecule has 45 heavy (non-hydrogen) atoms. The van der Waals surface area contributed by atoms with E-state index in [1.165, 1.54) is 16.7 Å². The molecule has 2 saturated heterocycles. The van der Waals surface area contributed by atoms with Gasteiger partial charge >= 0.3 is 0 Å². The van der Waals surface area contributed by atoms with Gasteiger partial charge < -0.3 is 24.3 Å². The van der Waals surface area contributed by atoms with E-state index in [0.717, 1.165) is 18.9 Å². The zero-order valence-corrected chi connectivity index (χ0v) is 26.8. The monoisotopic (exact) mass is 648 g/mol. The number of aryl methyl sites for hydroxylation is 1. The number of hydrogen-bond acceptors (Lipinski definition) is 9. The molecule has 1 saturated carbocycles. The number of hydrogen-bond donors (Lipinski definition) is 1. The van der Waals surface area contributed by atoms with Gasteiger partial charge in [0.15, 0.2) is 0 Å². The van der Waals surface area contributed by atoms with Gasteiger partial charge in [-0.1, -0.05) is 12.1 Å². The molecule has 3 aromatic rings. The molecule has 10 nitrogen and oxygen atoms in total. The Morgan fingerprint density at radius 2 is 1.89 bits per heavy atom. The van der Waals surface area contributed by atoms with Gasteiger partial charge in [-0.2, -0.15) is 8.78 Å². The van der Waals surface area contributed by atoms with Crippen molar-refractivity contribution in [3.8, 4) is 0 Å². The number of methoxy groups -OCH3 is 1. The number of nitrogens with one attached hydrogen (secondary N) is 1. The van der Waals surface area contributed by atoms with Crippen molar-refractivity contribution in [2.45, 2.75) is 62.8 Å². The molecule has 0 amide bonds. The number of pyridine rings is 1. The average Bonchev–Trinajstić information content (AvgIpc) is 3.80. The van der Waals surface area contributed by atoms with Crippen LogP contribution in [0.4, 0.5) is 19.0 Å². The second kappa shape index (κ2) is 11.9. The normalized spacial score (nSPS) is 24.5. The summed E-state index contributed by atoms with van der Waals surface area (Å²) >= 11 is 0. The predicted molar refractivity (Wildman–Crippen MR) is 166 cm³/mol. The lowest BCUT2D eigenvalue weighted by Crippen LogP contribution is -2.50. The van der Waals surface area contributed by atoms with Crippen LogP contribution in [0.3, 0.4) is 0 Å². The summed E-state index contributed by atoms with van der Waals surface area (Å²) in [6.07, 6.45) is 2.49. The van der Waals surface area contributed by atoms with Gasteiger partial charge in [0.05, 0.1) is 28.8 Å². The third-order valence-electron chi connectivity index (χ3n) is 9.05. The number of fused-ring (bicyclic) bond motifs is 1. The number of ether oxygens (including phenoxy) is 2. The van der Waals surface area contributed by atoms with Gasteiger partial charge in [0.1, 0.15) is 35.2 Å². The van der Waals surface area contributed by atoms with E-state index < -0.39 is 39.2 Å². The van der Waals surface area contributed by atoms with E-state index in [0.29, 0.717) is 54.3 Å². The van der Waals surface area contributed by atoms with E-state index in [2.05, 4.69) is 19.6 Å². The molecule has 4 heterocycles. The minimum absolute atomic E-state index is 0.0128. The first-order valence-corrected chi connectivity index (χ1v) is 17.0. The van der Waals surface area contributed by atoms with Crippen LogP contribution in [0.1, 0.15) is 48.3 Å². The van der Waals surface area contributed by atoms with Crippen LogP contribution in [0.2, 0.25) is 0 Å². The first-order valence-electron chi connectivity index (χ1n) is 15.2. The fourth-order valence-corrected chi connectivity index (χ4v) is 8.64. The zero-order valence-electron chi connectivity index (χ0n) is 25.9. The third-order valence-corrected chi connectivity index (χ3v) is 11.4. The van der Waals surface area contributed by atoms with Crippen LogP contribution in [0, 0.1) is 12.7 Å². The van der Waals surface area contributed by atoms with E-state index in [4.69, 9.17) is 9.47 Å². The fourth-order valence-electron chi connectivity index (χ4n) is 6.18. The highest BCUT2D eigenvalue weighted by Crippen LogP contribution is 2.40. The van der Waals surface area contributed by atoms with Crippen LogP contribution >= 0.6 is 0 Å².